The predicted octanol–water partition coefficient (Wildman–Crippen LogP) is 2.30. The number of anilines is 1. The van der Waals surface area contributed by atoms with Crippen molar-refractivity contribution in [2.75, 3.05) is 31.1 Å². The van der Waals surface area contributed by atoms with Gasteiger partial charge in [-0.1, -0.05) is 11.6 Å². The molecule has 1 unspecified atom stereocenters. The van der Waals surface area contributed by atoms with Gasteiger partial charge in [0.15, 0.2) is 0 Å². The van der Waals surface area contributed by atoms with Crippen LogP contribution in [0.5, 0.6) is 0 Å². The summed E-state index contributed by atoms with van der Waals surface area (Å²) in [6, 6.07) is 6.49. The quantitative estimate of drug-likeness (QED) is 0.664. The molecular weight excluding hydrogens is 272 g/mol. The Bertz CT molecular complexity index is 511. The highest BCUT2D eigenvalue weighted by molar-refractivity contribution is 6.34. The normalized spacial score (nSPS) is 23.4. The first-order valence-electron chi connectivity index (χ1n) is 7.28. The molecule has 0 aliphatic carbocycles. The maximum atomic E-state index is 7.47. The maximum Gasteiger partial charge on any atom is 0.124 e. The van der Waals surface area contributed by atoms with Crippen LogP contribution in [0.25, 0.3) is 0 Å². The van der Waals surface area contributed by atoms with Crippen LogP contribution in [-0.2, 0) is 0 Å². The SMILES string of the molecule is N=C(N)c1ccc(N2CCC(N3CCCC3)C2)cc1Cl. The van der Waals surface area contributed by atoms with E-state index in [-0.39, 0.29) is 5.84 Å². The molecule has 2 aliphatic rings. The summed E-state index contributed by atoms with van der Waals surface area (Å²) >= 11 is 6.21. The van der Waals surface area contributed by atoms with E-state index >= 15 is 0 Å². The molecule has 0 saturated carbocycles. The second-order valence-corrected chi connectivity index (χ2v) is 6.12. The van der Waals surface area contributed by atoms with E-state index in [1.165, 1.54) is 32.4 Å². The number of nitrogens with one attached hydrogen (secondary N) is 1. The van der Waals surface area contributed by atoms with Gasteiger partial charge in [-0.3, -0.25) is 10.3 Å². The van der Waals surface area contributed by atoms with Gasteiger partial charge in [-0.2, -0.15) is 0 Å². The van der Waals surface area contributed by atoms with Gasteiger partial charge >= 0.3 is 0 Å². The van der Waals surface area contributed by atoms with E-state index in [2.05, 4.69) is 9.80 Å². The van der Waals surface area contributed by atoms with E-state index < -0.39 is 0 Å². The van der Waals surface area contributed by atoms with Crippen molar-refractivity contribution < 1.29 is 0 Å². The van der Waals surface area contributed by atoms with Crippen LogP contribution in [0.3, 0.4) is 0 Å². The van der Waals surface area contributed by atoms with Gasteiger partial charge in [0, 0.05) is 30.4 Å². The number of nitrogens with zero attached hydrogens (tertiary/aromatic N) is 2. The first-order chi connectivity index (χ1) is 9.65. The highest BCUT2D eigenvalue weighted by atomic mass is 35.5. The van der Waals surface area contributed by atoms with Gasteiger partial charge in [0.1, 0.15) is 5.84 Å². The summed E-state index contributed by atoms with van der Waals surface area (Å²) in [5.74, 6) is 0.0258. The van der Waals surface area contributed by atoms with E-state index in [1.54, 1.807) is 0 Å². The van der Waals surface area contributed by atoms with E-state index in [0.717, 1.165) is 18.8 Å². The van der Waals surface area contributed by atoms with Crippen LogP contribution in [0.1, 0.15) is 24.8 Å². The lowest BCUT2D eigenvalue weighted by molar-refractivity contribution is 0.260. The fourth-order valence-electron chi connectivity index (χ4n) is 3.30. The van der Waals surface area contributed by atoms with Gasteiger partial charge in [-0.25, -0.2) is 0 Å². The fraction of sp³-hybridized carbons (Fsp3) is 0.533. The lowest BCUT2D eigenvalue weighted by Crippen LogP contribution is -2.35. The average Bonchev–Trinajstić information content (AvgIpc) is 3.09. The summed E-state index contributed by atoms with van der Waals surface area (Å²) in [6.07, 6.45) is 3.91. The van der Waals surface area contributed by atoms with E-state index in [0.29, 0.717) is 16.6 Å². The Hall–Kier alpha value is -1.26. The maximum absolute atomic E-state index is 7.47. The number of amidine groups is 1. The van der Waals surface area contributed by atoms with E-state index in [4.69, 9.17) is 22.7 Å². The molecule has 0 spiro atoms. The summed E-state index contributed by atoms with van der Waals surface area (Å²) in [6.45, 7) is 4.66. The largest absolute Gasteiger partial charge is 0.384 e. The second kappa shape index (κ2) is 5.62. The lowest BCUT2D eigenvalue weighted by Gasteiger charge is -2.24. The third kappa shape index (κ3) is 2.63. The molecule has 108 valence electrons. The molecule has 2 heterocycles. The smallest absolute Gasteiger partial charge is 0.124 e. The Morgan fingerprint density at radius 3 is 2.65 bits per heavy atom. The molecule has 0 bridgehead atoms. The van der Waals surface area contributed by atoms with Crippen molar-refractivity contribution in [3.05, 3.63) is 28.8 Å². The zero-order valence-electron chi connectivity index (χ0n) is 11.6. The Kier molecular flexibility index (Phi) is 3.85. The van der Waals surface area contributed by atoms with Gasteiger partial charge in [0.2, 0.25) is 0 Å². The molecule has 5 heteroatoms. The minimum atomic E-state index is 0.0258. The van der Waals surface area contributed by atoms with Gasteiger partial charge < -0.3 is 10.6 Å². The fourth-order valence-corrected chi connectivity index (χ4v) is 3.58. The summed E-state index contributed by atoms with van der Waals surface area (Å²) in [4.78, 5) is 5.00. The van der Waals surface area contributed by atoms with Crippen LogP contribution < -0.4 is 10.6 Å². The number of benzene rings is 1. The minimum Gasteiger partial charge on any atom is -0.384 e. The topological polar surface area (TPSA) is 56.4 Å². The summed E-state index contributed by atoms with van der Waals surface area (Å²) in [7, 11) is 0. The Morgan fingerprint density at radius 2 is 2.00 bits per heavy atom. The van der Waals surface area contributed by atoms with Crippen molar-refractivity contribution in [3.63, 3.8) is 0 Å². The molecule has 2 aliphatic heterocycles. The van der Waals surface area contributed by atoms with Crippen molar-refractivity contribution in [3.8, 4) is 0 Å². The van der Waals surface area contributed by atoms with Crippen LogP contribution in [0.4, 0.5) is 5.69 Å². The minimum absolute atomic E-state index is 0.0258. The number of nitrogen functional groups attached to an aromatic ring is 1. The molecule has 1 atom stereocenters. The van der Waals surface area contributed by atoms with Crippen LogP contribution in [-0.4, -0.2) is 43.0 Å². The third-order valence-electron chi connectivity index (χ3n) is 4.43. The third-order valence-corrected chi connectivity index (χ3v) is 4.74. The van der Waals surface area contributed by atoms with Crippen molar-refractivity contribution in [1.82, 2.24) is 4.90 Å². The zero-order chi connectivity index (χ0) is 14.1. The molecule has 4 nitrogen and oxygen atoms in total. The Morgan fingerprint density at radius 1 is 1.25 bits per heavy atom. The molecule has 3 N–H and O–H groups in total. The number of hydrogen-bond acceptors (Lipinski definition) is 3. The molecule has 2 saturated heterocycles. The summed E-state index contributed by atoms with van der Waals surface area (Å²) in [5, 5.41) is 8.04. The van der Waals surface area contributed by atoms with E-state index in [1.807, 2.05) is 18.2 Å². The van der Waals surface area contributed by atoms with Crippen LogP contribution >= 0.6 is 11.6 Å². The van der Waals surface area contributed by atoms with Crippen molar-refractivity contribution in [2.24, 2.45) is 5.73 Å². The van der Waals surface area contributed by atoms with Crippen molar-refractivity contribution >= 4 is 23.1 Å². The van der Waals surface area contributed by atoms with Gasteiger partial charge in [-0.15, -0.1) is 0 Å². The van der Waals surface area contributed by atoms with Gasteiger partial charge in [0.25, 0.3) is 0 Å². The number of rotatable bonds is 3. The summed E-state index contributed by atoms with van der Waals surface area (Å²) < 4.78 is 0. The van der Waals surface area contributed by atoms with Crippen molar-refractivity contribution in [2.45, 2.75) is 25.3 Å². The monoisotopic (exact) mass is 292 g/mol. The first-order valence-corrected chi connectivity index (χ1v) is 7.66. The van der Waals surface area contributed by atoms with Gasteiger partial charge in [0.05, 0.1) is 5.02 Å². The van der Waals surface area contributed by atoms with Gasteiger partial charge in [-0.05, 0) is 50.6 Å². The molecular formula is C15H21ClN4. The molecule has 0 radical (unpaired) electrons. The standard InChI is InChI=1S/C15H21ClN4/c16-14-9-11(3-4-13(14)15(17)18)20-8-5-12(10-20)19-6-1-2-7-19/h3-4,9,12H,1-2,5-8,10H2,(H3,17,18). The van der Waals surface area contributed by atoms with Crippen LogP contribution in [0, 0.1) is 5.41 Å². The average molecular weight is 293 g/mol. The molecule has 1 aromatic rings. The molecule has 0 aromatic heterocycles. The van der Waals surface area contributed by atoms with Crippen molar-refractivity contribution in [1.29, 1.82) is 5.41 Å². The summed E-state index contributed by atoms with van der Waals surface area (Å²) in [5.41, 5.74) is 7.26. The number of nitrogens with two attached hydrogens (primary N) is 1. The highest BCUT2D eigenvalue weighted by Gasteiger charge is 2.29. The predicted molar refractivity (Wildman–Crippen MR) is 83.9 cm³/mol. The van der Waals surface area contributed by atoms with Crippen LogP contribution in [0.15, 0.2) is 18.2 Å². The Balaban J connectivity index is 1.71. The highest BCUT2D eigenvalue weighted by Crippen LogP contribution is 2.28. The van der Waals surface area contributed by atoms with Crippen LogP contribution in [0.2, 0.25) is 5.02 Å². The molecule has 20 heavy (non-hydrogen) atoms. The second-order valence-electron chi connectivity index (χ2n) is 5.71. The lowest BCUT2D eigenvalue weighted by atomic mass is 10.2. The first kappa shape index (κ1) is 13.7. The number of hydrogen-bond donors (Lipinski definition) is 2. The number of likely N-dealkylation sites (tertiary alicyclic amines) is 1. The number of halogens is 1. The molecule has 1 aromatic carbocycles. The Labute approximate surface area is 125 Å². The zero-order valence-corrected chi connectivity index (χ0v) is 12.4. The molecule has 3 rings (SSSR count). The molecule has 0 amide bonds. The van der Waals surface area contributed by atoms with E-state index in [9.17, 15) is 0 Å². The molecule has 2 fully saturated rings.